The van der Waals surface area contributed by atoms with Crippen LogP contribution in [0.5, 0.6) is 5.75 Å². The third kappa shape index (κ3) is 4.46. The molecule has 1 fully saturated rings. The van der Waals surface area contributed by atoms with Crippen LogP contribution < -0.4 is 4.74 Å². The van der Waals surface area contributed by atoms with Gasteiger partial charge in [0.05, 0.1) is 33.0 Å². The highest BCUT2D eigenvalue weighted by molar-refractivity contribution is 5.69. The summed E-state index contributed by atoms with van der Waals surface area (Å²) in [5, 5.41) is 0. The summed E-state index contributed by atoms with van der Waals surface area (Å²) in [5.74, 6) is -0.487. The van der Waals surface area contributed by atoms with E-state index in [1.807, 2.05) is 30.3 Å². The van der Waals surface area contributed by atoms with Crippen molar-refractivity contribution in [3.63, 3.8) is 0 Å². The van der Waals surface area contributed by atoms with Crippen molar-refractivity contribution < 1.29 is 23.7 Å². The third-order valence-electron chi connectivity index (χ3n) is 5.29. The van der Waals surface area contributed by atoms with Crippen molar-refractivity contribution in [2.75, 3.05) is 27.4 Å². The highest BCUT2D eigenvalue weighted by atomic mass is 16.7. The van der Waals surface area contributed by atoms with E-state index in [1.54, 1.807) is 7.11 Å². The minimum Gasteiger partial charge on any atom is -0.496 e. The Balaban J connectivity index is 2.00. The smallest absolute Gasteiger partial charge is 0.305 e. The van der Waals surface area contributed by atoms with Gasteiger partial charge < -0.3 is 18.9 Å². The van der Waals surface area contributed by atoms with Crippen molar-refractivity contribution in [1.29, 1.82) is 0 Å². The molecule has 0 spiro atoms. The lowest BCUT2D eigenvalue weighted by Crippen LogP contribution is -2.30. The minimum absolute atomic E-state index is 0.0153. The van der Waals surface area contributed by atoms with Gasteiger partial charge in [-0.2, -0.15) is 0 Å². The van der Waals surface area contributed by atoms with Crippen LogP contribution in [0.25, 0.3) is 0 Å². The average molecular weight is 398 g/mol. The lowest BCUT2D eigenvalue weighted by molar-refractivity contribution is -0.140. The van der Waals surface area contributed by atoms with Crippen LogP contribution in [0.2, 0.25) is 0 Å². The molecule has 0 unspecified atom stereocenters. The predicted molar refractivity (Wildman–Crippen MR) is 111 cm³/mol. The van der Waals surface area contributed by atoms with Crippen LogP contribution in [0, 0.1) is 0 Å². The lowest BCUT2D eigenvalue weighted by Gasteiger charge is -2.31. The molecular weight excluding hydrogens is 368 g/mol. The normalized spacial score (nSPS) is 15.9. The molecule has 1 heterocycles. The third-order valence-corrected chi connectivity index (χ3v) is 5.29. The lowest BCUT2D eigenvalue weighted by atomic mass is 9.84. The Kier molecular flexibility index (Phi) is 6.30. The number of rotatable bonds is 6. The second kappa shape index (κ2) is 8.56. The topological polar surface area (TPSA) is 54.0 Å². The largest absolute Gasteiger partial charge is 0.496 e. The molecule has 0 N–H and O–H groups in total. The average Bonchev–Trinajstić information content (AvgIpc) is 3.22. The molecule has 0 atom stereocenters. The molecule has 5 heteroatoms. The molecule has 0 saturated carbocycles. The summed E-state index contributed by atoms with van der Waals surface area (Å²) in [6.07, 6.45) is 0.986. The van der Waals surface area contributed by atoms with Gasteiger partial charge >= 0.3 is 5.97 Å². The fraction of sp³-hybridized carbons (Fsp3) is 0.458. The van der Waals surface area contributed by atoms with E-state index >= 15 is 0 Å². The van der Waals surface area contributed by atoms with Crippen LogP contribution in [-0.4, -0.2) is 33.4 Å². The van der Waals surface area contributed by atoms with Crippen molar-refractivity contribution in [2.45, 2.75) is 44.8 Å². The Labute approximate surface area is 172 Å². The SMILES string of the molecule is COC(=O)CCc1ccc(C2(c3cc(C(C)(C)C)ccc3OC)OCCO2)cc1. The number of benzene rings is 2. The second-order valence-electron chi connectivity index (χ2n) is 8.25. The number of hydrogen-bond acceptors (Lipinski definition) is 5. The van der Waals surface area contributed by atoms with Gasteiger partial charge in [0.25, 0.3) is 0 Å². The van der Waals surface area contributed by atoms with E-state index in [9.17, 15) is 4.79 Å². The molecule has 1 aliphatic heterocycles. The van der Waals surface area contributed by atoms with Crippen LogP contribution in [0.15, 0.2) is 42.5 Å². The molecule has 1 saturated heterocycles. The highest BCUT2D eigenvalue weighted by Gasteiger charge is 2.43. The van der Waals surface area contributed by atoms with E-state index in [4.69, 9.17) is 18.9 Å². The Bertz CT molecular complexity index is 843. The van der Waals surface area contributed by atoms with Crippen LogP contribution >= 0.6 is 0 Å². The molecule has 2 aromatic rings. The van der Waals surface area contributed by atoms with Crippen LogP contribution in [0.4, 0.5) is 0 Å². The van der Waals surface area contributed by atoms with Gasteiger partial charge in [-0.25, -0.2) is 0 Å². The van der Waals surface area contributed by atoms with Gasteiger partial charge in [-0.15, -0.1) is 0 Å². The summed E-state index contributed by atoms with van der Waals surface area (Å²) in [6.45, 7) is 7.55. The standard InChI is InChI=1S/C24H30O5/c1-23(2,3)19-11-12-21(26-4)20(16-19)24(28-14-15-29-24)18-9-6-17(7-10-18)8-13-22(25)27-5/h6-7,9-12,16H,8,13-15H2,1-5H3. The number of aryl methyl sites for hydroxylation is 1. The first-order valence-corrected chi connectivity index (χ1v) is 9.93. The van der Waals surface area contributed by atoms with Gasteiger partial charge in [0.15, 0.2) is 0 Å². The molecule has 29 heavy (non-hydrogen) atoms. The monoisotopic (exact) mass is 398 g/mol. The predicted octanol–water partition coefficient (Wildman–Crippen LogP) is 4.35. The fourth-order valence-electron chi connectivity index (χ4n) is 3.56. The number of carbonyl (C=O) groups is 1. The molecule has 156 valence electrons. The Hall–Kier alpha value is -2.37. The van der Waals surface area contributed by atoms with E-state index in [1.165, 1.54) is 12.7 Å². The minimum atomic E-state index is -1.01. The van der Waals surface area contributed by atoms with E-state index in [-0.39, 0.29) is 11.4 Å². The number of carbonyl (C=O) groups excluding carboxylic acids is 1. The van der Waals surface area contributed by atoms with Gasteiger partial charge in [-0.3, -0.25) is 4.79 Å². The summed E-state index contributed by atoms with van der Waals surface area (Å²) < 4.78 is 22.8. The maximum atomic E-state index is 11.4. The van der Waals surface area contributed by atoms with Crippen molar-refractivity contribution in [3.05, 3.63) is 64.7 Å². The maximum Gasteiger partial charge on any atom is 0.305 e. The summed E-state index contributed by atoms with van der Waals surface area (Å²) in [6, 6.07) is 14.2. The first-order valence-electron chi connectivity index (χ1n) is 9.93. The Morgan fingerprint density at radius 3 is 2.24 bits per heavy atom. The van der Waals surface area contributed by atoms with Crippen molar-refractivity contribution in [2.24, 2.45) is 0 Å². The van der Waals surface area contributed by atoms with E-state index in [2.05, 4.69) is 32.9 Å². The van der Waals surface area contributed by atoms with Crippen molar-refractivity contribution >= 4 is 5.97 Å². The summed E-state index contributed by atoms with van der Waals surface area (Å²) in [4.78, 5) is 11.4. The van der Waals surface area contributed by atoms with Crippen LogP contribution in [0.3, 0.4) is 0 Å². The number of esters is 1. The maximum absolute atomic E-state index is 11.4. The zero-order chi connectivity index (χ0) is 21.1. The van der Waals surface area contributed by atoms with E-state index in [0.717, 1.165) is 22.4 Å². The van der Waals surface area contributed by atoms with Crippen LogP contribution in [0.1, 0.15) is 49.4 Å². The van der Waals surface area contributed by atoms with Gasteiger partial charge in [-0.1, -0.05) is 51.1 Å². The highest BCUT2D eigenvalue weighted by Crippen LogP contribution is 2.44. The zero-order valence-electron chi connectivity index (χ0n) is 17.9. The molecule has 2 aromatic carbocycles. The van der Waals surface area contributed by atoms with Crippen molar-refractivity contribution in [3.8, 4) is 5.75 Å². The van der Waals surface area contributed by atoms with Crippen molar-refractivity contribution in [1.82, 2.24) is 0 Å². The Morgan fingerprint density at radius 2 is 1.69 bits per heavy atom. The Morgan fingerprint density at radius 1 is 1.03 bits per heavy atom. The first-order chi connectivity index (χ1) is 13.8. The molecule has 0 aliphatic carbocycles. The quantitative estimate of drug-likeness (QED) is 0.678. The molecule has 0 radical (unpaired) electrons. The van der Waals surface area contributed by atoms with Gasteiger partial charge in [0.1, 0.15) is 5.75 Å². The first kappa shape index (κ1) is 21.3. The van der Waals surface area contributed by atoms with E-state index < -0.39 is 5.79 Å². The fourth-order valence-corrected chi connectivity index (χ4v) is 3.56. The number of hydrogen-bond donors (Lipinski definition) is 0. The molecule has 0 amide bonds. The molecule has 0 bridgehead atoms. The second-order valence-corrected chi connectivity index (χ2v) is 8.25. The summed E-state index contributed by atoms with van der Waals surface area (Å²) in [7, 11) is 3.07. The number of methoxy groups -OCH3 is 2. The molecule has 1 aliphatic rings. The van der Waals surface area contributed by atoms with Gasteiger partial charge in [-0.05, 0) is 35.1 Å². The van der Waals surface area contributed by atoms with Gasteiger partial charge in [0, 0.05) is 12.0 Å². The van der Waals surface area contributed by atoms with Gasteiger partial charge in [0.2, 0.25) is 5.79 Å². The van der Waals surface area contributed by atoms with Crippen LogP contribution in [-0.2, 0) is 36.6 Å². The van der Waals surface area contributed by atoms with E-state index in [0.29, 0.717) is 26.1 Å². The molecular formula is C24H30O5. The zero-order valence-corrected chi connectivity index (χ0v) is 17.9. The molecule has 5 nitrogen and oxygen atoms in total. The summed E-state index contributed by atoms with van der Waals surface area (Å²) >= 11 is 0. The summed E-state index contributed by atoms with van der Waals surface area (Å²) in [5.41, 5.74) is 4.00. The number of ether oxygens (including phenoxy) is 4. The molecule has 3 rings (SSSR count). The molecule has 0 aromatic heterocycles.